The van der Waals surface area contributed by atoms with Crippen LogP contribution in [0.25, 0.3) is 0 Å². The molecular formula is C5H9O3Zn. The van der Waals surface area contributed by atoms with Gasteiger partial charge in [-0.05, 0) is 0 Å². The number of carbonyl (C=O) groups is 2. The molecule has 0 spiro atoms. The van der Waals surface area contributed by atoms with Crippen molar-refractivity contribution in [2.45, 2.75) is 18.9 Å². The van der Waals surface area contributed by atoms with E-state index in [1.807, 2.05) is 0 Å². The molecule has 0 rings (SSSR count). The molecule has 0 radical (unpaired) electrons. The molecule has 0 bridgehead atoms. The minimum absolute atomic E-state index is 0.310. The second-order valence-electron chi connectivity index (χ2n) is 1.47. The monoisotopic (exact) mass is 181 g/mol. The van der Waals surface area contributed by atoms with Crippen LogP contribution < -0.4 is 0 Å². The fraction of sp³-hybridized carbons (Fsp3) is 0.600. The number of Topliss-reactive ketones (excluding diaryl/α,β-unsaturated/α-hetero) is 1. The molecule has 9 heavy (non-hydrogen) atoms. The number of ketones is 1. The van der Waals surface area contributed by atoms with Gasteiger partial charge in [-0.3, -0.25) is 4.79 Å². The number of carbonyl (C=O) groups excluding carboxylic acids is 1. The van der Waals surface area contributed by atoms with Crippen molar-refractivity contribution in [2.24, 2.45) is 0 Å². The minimum atomic E-state index is -0.833. The molecule has 0 aromatic carbocycles. The summed E-state index contributed by atoms with van der Waals surface area (Å²) in [5.74, 6) is -0.523. The van der Waals surface area contributed by atoms with Crippen molar-refractivity contribution >= 4 is 11.8 Å². The van der Waals surface area contributed by atoms with E-state index < -0.39 is 5.97 Å². The van der Waals surface area contributed by atoms with Gasteiger partial charge in [-0.15, -0.1) is 0 Å². The van der Waals surface area contributed by atoms with Gasteiger partial charge in [0.2, 0.25) is 0 Å². The standard InChI is InChI=1S/C3H5O.C2H4O2.Zn/c1-3(2)4;1-2(3)4;/h1H2,2H3;1H3,(H,3,4);. The molecule has 0 aromatic heterocycles. The van der Waals surface area contributed by atoms with Crippen LogP contribution in [0.3, 0.4) is 0 Å². The van der Waals surface area contributed by atoms with E-state index in [0.29, 0.717) is 5.78 Å². The topological polar surface area (TPSA) is 54.4 Å². The molecule has 0 unspecified atom stereocenters. The number of aliphatic carboxylic acids is 1. The van der Waals surface area contributed by atoms with Crippen LogP contribution in [-0.4, -0.2) is 16.9 Å². The zero-order chi connectivity index (χ0) is 7.86. The van der Waals surface area contributed by atoms with Gasteiger partial charge in [-0.1, -0.05) is 0 Å². The van der Waals surface area contributed by atoms with E-state index in [2.05, 4.69) is 0 Å². The van der Waals surface area contributed by atoms with Crippen LogP contribution in [0.1, 0.15) is 13.8 Å². The van der Waals surface area contributed by atoms with Crippen molar-refractivity contribution in [1.29, 1.82) is 0 Å². The van der Waals surface area contributed by atoms with Crippen molar-refractivity contribution in [2.75, 3.05) is 0 Å². The van der Waals surface area contributed by atoms with Gasteiger partial charge in [0, 0.05) is 6.92 Å². The summed E-state index contributed by atoms with van der Waals surface area (Å²) in [6, 6.07) is 0. The van der Waals surface area contributed by atoms with Gasteiger partial charge in [0.1, 0.15) is 0 Å². The van der Waals surface area contributed by atoms with Crippen LogP contribution in [-0.2, 0) is 27.9 Å². The van der Waals surface area contributed by atoms with E-state index in [1.54, 1.807) is 6.92 Å². The Morgan fingerprint density at radius 2 is 1.56 bits per heavy atom. The first-order valence-corrected chi connectivity index (χ1v) is 4.58. The molecule has 4 heteroatoms. The molecule has 0 fully saturated rings. The van der Waals surface area contributed by atoms with E-state index in [-0.39, 0.29) is 0 Å². The van der Waals surface area contributed by atoms with Crippen molar-refractivity contribution in [3.8, 4) is 0 Å². The van der Waals surface area contributed by atoms with Gasteiger partial charge in [-0.2, -0.15) is 0 Å². The average Bonchev–Trinajstić information content (AvgIpc) is 1.65. The maximum absolute atomic E-state index is 9.84. The maximum atomic E-state index is 9.84. The Balaban J connectivity index is 0. The normalized spacial score (nSPS) is 7.11. The summed E-state index contributed by atoms with van der Waals surface area (Å²) in [4.78, 5) is 18.8. The summed E-state index contributed by atoms with van der Waals surface area (Å²) in [6.07, 6.45) is 0. The van der Waals surface area contributed by atoms with Crippen LogP contribution in [0.2, 0.25) is 5.02 Å². The van der Waals surface area contributed by atoms with Crippen molar-refractivity contribution in [1.82, 2.24) is 0 Å². The molecule has 3 nitrogen and oxygen atoms in total. The molecule has 0 amide bonds. The van der Waals surface area contributed by atoms with Gasteiger partial charge < -0.3 is 5.11 Å². The summed E-state index contributed by atoms with van der Waals surface area (Å²) >= 11 is 1.11. The first-order valence-electron chi connectivity index (χ1n) is 2.49. The number of rotatable bonds is 1. The van der Waals surface area contributed by atoms with E-state index in [9.17, 15) is 4.79 Å². The molecule has 0 aliphatic rings. The Labute approximate surface area is 64.1 Å². The Bertz CT molecular complexity index is 96.4. The third-order valence-corrected chi connectivity index (χ3v) is 1.83. The van der Waals surface area contributed by atoms with Crippen molar-refractivity contribution in [3.63, 3.8) is 0 Å². The second kappa shape index (κ2) is 7.76. The van der Waals surface area contributed by atoms with Crippen LogP contribution in [0.15, 0.2) is 0 Å². The van der Waals surface area contributed by atoms with Crippen LogP contribution >= 0.6 is 0 Å². The number of carboxylic acids is 1. The predicted molar refractivity (Wildman–Crippen MR) is 28.8 cm³/mol. The summed E-state index contributed by atoms with van der Waals surface area (Å²) in [6.45, 7) is 2.70. The van der Waals surface area contributed by atoms with Crippen LogP contribution in [0.5, 0.6) is 0 Å². The van der Waals surface area contributed by atoms with Gasteiger partial charge in [0.05, 0.1) is 0 Å². The van der Waals surface area contributed by atoms with Crippen molar-refractivity contribution in [3.05, 3.63) is 0 Å². The molecule has 49 valence electrons. The Morgan fingerprint density at radius 1 is 1.44 bits per heavy atom. The fourth-order valence-corrected chi connectivity index (χ4v) is 0. The molecule has 0 aliphatic carbocycles. The molecular weight excluding hydrogens is 173 g/mol. The zero-order valence-electron chi connectivity index (χ0n) is 5.68. The Kier molecular flexibility index (Phi) is 9.96. The molecule has 0 atom stereocenters. The molecule has 0 heterocycles. The Hall–Kier alpha value is -0.237. The van der Waals surface area contributed by atoms with Crippen LogP contribution in [0.4, 0.5) is 0 Å². The third-order valence-electron chi connectivity index (χ3n) is 0.352. The zero-order valence-corrected chi connectivity index (χ0v) is 8.65. The van der Waals surface area contributed by atoms with E-state index in [0.717, 1.165) is 30.2 Å². The van der Waals surface area contributed by atoms with Gasteiger partial charge in [0.25, 0.3) is 5.97 Å². The molecule has 1 N–H and O–H groups in total. The summed E-state index contributed by atoms with van der Waals surface area (Å²) in [5, 5.41) is 8.21. The quantitative estimate of drug-likeness (QED) is 0.605. The average molecular weight is 183 g/mol. The van der Waals surface area contributed by atoms with Crippen molar-refractivity contribution < 1.29 is 33.0 Å². The molecule has 0 aliphatic heterocycles. The number of carboxylic acid groups (broad SMARTS) is 1. The van der Waals surface area contributed by atoms with Gasteiger partial charge in [0.15, 0.2) is 0 Å². The van der Waals surface area contributed by atoms with Crippen LogP contribution in [0, 0.1) is 0 Å². The first kappa shape index (κ1) is 11.5. The number of hydrogen-bond donors (Lipinski definition) is 1. The molecule has 0 aromatic rings. The van der Waals surface area contributed by atoms with E-state index in [1.165, 1.54) is 0 Å². The third kappa shape index (κ3) is 82.9. The van der Waals surface area contributed by atoms with Gasteiger partial charge in [-0.25, -0.2) is 0 Å². The Morgan fingerprint density at radius 3 is 1.56 bits per heavy atom. The summed E-state index contributed by atoms with van der Waals surface area (Å²) in [7, 11) is 0. The molecule has 0 saturated carbocycles. The van der Waals surface area contributed by atoms with E-state index >= 15 is 0 Å². The van der Waals surface area contributed by atoms with E-state index in [4.69, 9.17) is 9.90 Å². The SMILES string of the molecule is CC(=O)O.CC(=O)[CH2][Zn]. The molecule has 0 saturated heterocycles. The predicted octanol–water partition coefficient (Wildman–Crippen LogP) is 0.631. The first-order chi connectivity index (χ1) is 4.00. The second-order valence-corrected chi connectivity index (χ2v) is 2.52. The summed E-state index contributed by atoms with van der Waals surface area (Å²) in [5.41, 5.74) is 0. The van der Waals surface area contributed by atoms with Gasteiger partial charge >= 0.3 is 40.8 Å². The fourth-order valence-electron chi connectivity index (χ4n) is 0. The summed E-state index contributed by atoms with van der Waals surface area (Å²) < 4.78 is 0. The number of hydrogen-bond acceptors (Lipinski definition) is 2.